The van der Waals surface area contributed by atoms with Gasteiger partial charge in [0.1, 0.15) is 35.4 Å². The Balaban J connectivity index is 1.55. The smallest absolute Gasteiger partial charge is 0.415 e. The second-order valence-electron chi connectivity index (χ2n) is 14.6. The molecular formula is C36H45FN6O8. The molecule has 274 valence electrons. The van der Waals surface area contributed by atoms with E-state index in [2.05, 4.69) is 25.9 Å². The van der Waals surface area contributed by atoms with Gasteiger partial charge >= 0.3 is 18.3 Å². The van der Waals surface area contributed by atoms with Gasteiger partial charge in [-0.05, 0) is 90.8 Å². The highest BCUT2D eigenvalue weighted by Crippen LogP contribution is 2.42. The van der Waals surface area contributed by atoms with E-state index < -0.39 is 41.4 Å². The number of aromatic nitrogens is 2. The molecule has 2 atom stereocenters. The summed E-state index contributed by atoms with van der Waals surface area (Å²) >= 11 is 0. The van der Waals surface area contributed by atoms with Gasteiger partial charge in [0.05, 0.1) is 18.3 Å². The molecule has 0 bridgehead atoms. The van der Waals surface area contributed by atoms with E-state index in [9.17, 15) is 19.2 Å². The van der Waals surface area contributed by atoms with Crippen molar-refractivity contribution in [1.82, 2.24) is 15.3 Å². The van der Waals surface area contributed by atoms with E-state index in [4.69, 9.17) is 18.9 Å². The first-order valence-electron chi connectivity index (χ1n) is 16.9. The SMILES string of the molecule is CC(=O)NC1CCCCC1OC(=O)Nc1cc2cc(-c3cnc4c(c3C)N(C(=O)OC(C)(C)C)CCO4)c(F)c(NC(=O)OC(C)(C)C)c2cn1. The number of nitrogens with one attached hydrogen (secondary N) is 3. The molecule has 15 heteroatoms. The molecule has 1 fully saturated rings. The molecule has 2 unspecified atom stereocenters. The number of carbonyl (C=O) groups excluding carboxylic acids is 4. The summed E-state index contributed by atoms with van der Waals surface area (Å²) in [6.45, 7) is 13.8. The number of nitrogens with zero attached hydrogens (tertiary/aromatic N) is 3. The Morgan fingerprint density at radius 3 is 2.31 bits per heavy atom. The molecule has 1 saturated carbocycles. The van der Waals surface area contributed by atoms with Crippen molar-refractivity contribution in [2.24, 2.45) is 0 Å². The van der Waals surface area contributed by atoms with Crippen LogP contribution in [0.25, 0.3) is 21.9 Å². The number of pyridine rings is 2. The summed E-state index contributed by atoms with van der Waals surface area (Å²) in [5.74, 6) is -0.720. The lowest BCUT2D eigenvalue weighted by Gasteiger charge is -2.32. The summed E-state index contributed by atoms with van der Waals surface area (Å²) in [5.41, 5.74) is -0.695. The molecule has 0 spiro atoms. The molecule has 4 amide bonds. The van der Waals surface area contributed by atoms with Crippen LogP contribution in [-0.4, -0.2) is 70.7 Å². The highest BCUT2D eigenvalue weighted by Gasteiger charge is 2.33. The van der Waals surface area contributed by atoms with Crippen molar-refractivity contribution in [3.8, 4) is 17.0 Å². The van der Waals surface area contributed by atoms with Crippen molar-refractivity contribution in [1.29, 1.82) is 0 Å². The minimum atomic E-state index is -0.892. The Labute approximate surface area is 295 Å². The molecule has 2 aliphatic rings. The van der Waals surface area contributed by atoms with Gasteiger partial charge in [-0.15, -0.1) is 0 Å². The maximum absolute atomic E-state index is 16.7. The summed E-state index contributed by atoms with van der Waals surface area (Å²) in [6.07, 6.45) is 3.01. The van der Waals surface area contributed by atoms with Crippen LogP contribution in [0.1, 0.15) is 79.7 Å². The summed E-state index contributed by atoms with van der Waals surface area (Å²) in [5, 5.41) is 8.64. The Bertz CT molecular complexity index is 1850. The van der Waals surface area contributed by atoms with Crippen LogP contribution in [0.5, 0.6) is 5.88 Å². The molecule has 5 rings (SSSR count). The zero-order valence-electron chi connectivity index (χ0n) is 30.2. The van der Waals surface area contributed by atoms with Crippen LogP contribution >= 0.6 is 0 Å². The molecule has 51 heavy (non-hydrogen) atoms. The van der Waals surface area contributed by atoms with Crippen molar-refractivity contribution < 1.29 is 42.5 Å². The van der Waals surface area contributed by atoms with Crippen molar-refractivity contribution in [2.75, 3.05) is 28.7 Å². The fourth-order valence-electron chi connectivity index (χ4n) is 6.11. The van der Waals surface area contributed by atoms with E-state index in [-0.39, 0.29) is 53.4 Å². The van der Waals surface area contributed by atoms with Gasteiger partial charge in [0, 0.05) is 35.8 Å². The molecule has 14 nitrogen and oxygen atoms in total. The number of anilines is 3. The Hall–Kier alpha value is -5.21. The Morgan fingerprint density at radius 2 is 1.63 bits per heavy atom. The number of benzene rings is 1. The van der Waals surface area contributed by atoms with E-state index in [0.717, 1.165) is 12.8 Å². The molecule has 0 saturated heterocycles. The molecule has 1 aliphatic heterocycles. The fourth-order valence-corrected chi connectivity index (χ4v) is 6.11. The van der Waals surface area contributed by atoms with Gasteiger partial charge in [-0.25, -0.2) is 28.7 Å². The first-order chi connectivity index (χ1) is 23.9. The predicted molar refractivity (Wildman–Crippen MR) is 189 cm³/mol. The highest BCUT2D eigenvalue weighted by atomic mass is 19.1. The van der Waals surface area contributed by atoms with Crippen LogP contribution in [0.15, 0.2) is 24.5 Å². The second-order valence-corrected chi connectivity index (χ2v) is 14.6. The second kappa shape index (κ2) is 14.6. The number of hydrogen-bond donors (Lipinski definition) is 3. The monoisotopic (exact) mass is 708 g/mol. The topological polar surface area (TPSA) is 170 Å². The van der Waals surface area contributed by atoms with Crippen LogP contribution in [0.3, 0.4) is 0 Å². The summed E-state index contributed by atoms with van der Waals surface area (Å²) in [6, 6.07) is 2.75. The van der Waals surface area contributed by atoms with E-state index in [1.54, 1.807) is 48.5 Å². The molecule has 3 aromatic rings. The number of amides is 4. The van der Waals surface area contributed by atoms with Gasteiger partial charge in [0.2, 0.25) is 11.8 Å². The summed E-state index contributed by atoms with van der Waals surface area (Å²) in [7, 11) is 0. The molecular weight excluding hydrogens is 663 g/mol. The molecule has 2 aromatic heterocycles. The number of fused-ring (bicyclic) bond motifs is 2. The normalized spacial score (nSPS) is 17.5. The highest BCUT2D eigenvalue weighted by molar-refractivity contribution is 6.05. The van der Waals surface area contributed by atoms with Gasteiger partial charge < -0.3 is 24.3 Å². The third kappa shape index (κ3) is 8.94. The average molecular weight is 709 g/mol. The minimum absolute atomic E-state index is 0.0381. The molecule has 1 aromatic carbocycles. The van der Waals surface area contributed by atoms with Gasteiger partial charge in [-0.2, -0.15) is 0 Å². The minimum Gasteiger partial charge on any atom is -0.474 e. The first-order valence-corrected chi connectivity index (χ1v) is 16.9. The van der Waals surface area contributed by atoms with E-state index >= 15 is 4.39 Å². The van der Waals surface area contributed by atoms with Gasteiger partial charge in [-0.3, -0.25) is 20.3 Å². The lowest BCUT2D eigenvalue weighted by Crippen LogP contribution is -2.46. The van der Waals surface area contributed by atoms with E-state index in [0.29, 0.717) is 35.0 Å². The lowest BCUT2D eigenvalue weighted by atomic mass is 9.92. The van der Waals surface area contributed by atoms with E-state index in [1.165, 1.54) is 36.4 Å². The average Bonchev–Trinajstić information content (AvgIpc) is 3.01. The van der Waals surface area contributed by atoms with Crippen molar-refractivity contribution >= 4 is 52.2 Å². The van der Waals surface area contributed by atoms with Crippen molar-refractivity contribution in [2.45, 2.75) is 104 Å². The van der Waals surface area contributed by atoms with Crippen LogP contribution < -0.4 is 25.6 Å². The number of halogens is 1. The van der Waals surface area contributed by atoms with Crippen LogP contribution in [-0.2, 0) is 19.0 Å². The van der Waals surface area contributed by atoms with Gasteiger partial charge in [-0.1, -0.05) is 6.42 Å². The summed E-state index contributed by atoms with van der Waals surface area (Å²) < 4.78 is 39.2. The third-order valence-corrected chi connectivity index (χ3v) is 8.17. The van der Waals surface area contributed by atoms with Crippen LogP contribution in [0.2, 0.25) is 0 Å². The Kier molecular flexibility index (Phi) is 10.6. The molecule has 3 N–H and O–H groups in total. The van der Waals surface area contributed by atoms with E-state index in [1.807, 2.05) is 0 Å². The molecule has 1 aliphatic carbocycles. The predicted octanol–water partition coefficient (Wildman–Crippen LogP) is 7.22. The van der Waals surface area contributed by atoms with Crippen LogP contribution in [0, 0.1) is 12.7 Å². The summed E-state index contributed by atoms with van der Waals surface area (Å²) in [4.78, 5) is 61.0. The Morgan fingerprint density at radius 1 is 0.922 bits per heavy atom. The number of carbonyl (C=O) groups is 4. The zero-order valence-corrected chi connectivity index (χ0v) is 30.2. The number of ether oxygens (including phenoxy) is 4. The van der Waals surface area contributed by atoms with Crippen molar-refractivity contribution in [3.05, 3.63) is 35.9 Å². The maximum Gasteiger partial charge on any atom is 0.415 e. The fraction of sp³-hybridized carbons (Fsp3) is 0.500. The zero-order chi connectivity index (χ0) is 37.2. The maximum atomic E-state index is 16.7. The van der Waals surface area contributed by atoms with Crippen LogP contribution in [0.4, 0.5) is 36.0 Å². The van der Waals surface area contributed by atoms with Crippen molar-refractivity contribution in [3.63, 3.8) is 0 Å². The number of hydrogen-bond acceptors (Lipinski definition) is 10. The lowest BCUT2D eigenvalue weighted by molar-refractivity contribution is -0.120. The van der Waals surface area contributed by atoms with Gasteiger partial charge in [0.15, 0.2) is 5.82 Å². The van der Waals surface area contributed by atoms with Gasteiger partial charge in [0.25, 0.3) is 0 Å². The first kappa shape index (κ1) is 37.1. The quantitative estimate of drug-likeness (QED) is 0.230. The molecule has 3 heterocycles. The standard InChI is InChI=1S/C36H45FN6O8/c1-19-23(17-39-31-30(19)43(13-14-48-31)34(47)51-36(6,7)8)22-15-21-16-27(41-32(45)49-26-12-10-9-11-25(26)40-20(2)44)38-18-24(21)29(28(22)37)42-33(46)50-35(3,4)5/h15-18,25-26H,9-14H2,1-8H3,(H,40,44)(H,42,46)(H,38,41,45). The third-order valence-electron chi connectivity index (χ3n) is 8.17. The molecule has 0 radical (unpaired) electrons. The largest absolute Gasteiger partial charge is 0.474 e. The number of rotatable bonds is 5.